The van der Waals surface area contributed by atoms with Gasteiger partial charge in [-0.05, 0) is 31.7 Å². The minimum absolute atomic E-state index is 0.0249. The Bertz CT molecular complexity index is 589. The number of rotatable bonds is 5. The van der Waals surface area contributed by atoms with Crippen molar-refractivity contribution in [2.75, 3.05) is 19.8 Å². The first kappa shape index (κ1) is 15.4. The molecule has 0 aliphatic carbocycles. The van der Waals surface area contributed by atoms with Crippen LogP contribution in [-0.2, 0) is 14.8 Å². The van der Waals surface area contributed by atoms with E-state index in [-0.39, 0.29) is 10.8 Å². The van der Waals surface area contributed by atoms with Gasteiger partial charge in [0, 0.05) is 24.6 Å². The molecule has 0 radical (unpaired) electrons. The fraction of sp³-hybridized carbons (Fsp3) is 0.583. The van der Waals surface area contributed by atoms with Gasteiger partial charge in [0.05, 0.1) is 9.77 Å². The maximum Gasteiger partial charge on any atom is 0.261 e. The van der Waals surface area contributed by atoms with Gasteiger partial charge in [-0.15, -0.1) is 11.3 Å². The minimum atomic E-state index is -3.77. The number of sulfonamides is 1. The Labute approximate surface area is 122 Å². The molecule has 1 aromatic rings. The lowest BCUT2D eigenvalue weighted by Crippen LogP contribution is -2.25. The largest absolute Gasteiger partial charge is 0.381 e. The van der Waals surface area contributed by atoms with Crippen LogP contribution in [0.4, 0.5) is 0 Å². The molecule has 1 aliphatic rings. The molecule has 1 unspecified atom stereocenters. The Morgan fingerprint density at radius 1 is 1.60 bits per heavy atom. The number of nitrogens with two attached hydrogens (primary N) is 1. The average molecular weight is 318 g/mol. The number of aryl methyl sites for hydroxylation is 1. The molecule has 8 heteroatoms. The van der Waals surface area contributed by atoms with Crippen LogP contribution < -0.4 is 10.5 Å². The molecule has 1 aromatic heterocycles. The zero-order valence-electron chi connectivity index (χ0n) is 11.2. The Balaban J connectivity index is 1.92. The van der Waals surface area contributed by atoms with Crippen LogP contribution in [-0.4, -0.2) is 34.1 Å². The molecule has 0 spiro atoms. The highest BCUT2D eigenvalue weighted by Gasteiger charge is 2.20. The molecule has 1 atom stereocenters. The fourth-order valence-corrected chi connectivity index (χ4v) is 4.21. The number of carbonyl (C=O) groups is 1. The Morgan fingerprint density at radius 2 is 2.35 bits per heavy atom. The predicted molar refractivity (Wildman–Crippen MR) is 76.3 cm³/mol. The molecule has 112 valence electrons. The standard InChI is InChI=1S/C12H18N2O4S2/c1-8-11(20(13,16)17)6-10(19-8)12(15)14-4-2-9-3-5-18-7-9/h6,9H,2-5,7H2,1H3,(H,14,15)(H2,13,16,17). The second-order valence-corrected chi connectivity index (χ2v) is 7.64. The Kier molecular flexibility index (Phi) is 4.79. The molecule has 1 aliphatic heterocycles. The third kappa shape index (κ3) is 3.78. The van der Waals surface area contributed by atoms with Crippen LogP contribution in [0.15, 0.2) is 11.0 Å². The first-order valence-electron chi connectivity index (χ1n) is 6.37. The quantitative estimate of drug-likeness (QED) is 0.841. The summed E-state index contributed by atoms with van der Waals surface area (Å²) >= 11 is 1.14. The van der Waals surface area contributed by atoms with Crippen molar-refractivity contribution >= 4 is 27.3 Å². The van der Waals surface area contributed by atoms with Crippen LogP contribution in [0.2, 0.25) is 0 Å². The van der Waals surface area contributed by atoms with E-state index in [2.05, 4.69) is 5.32 Å². The van der Waals surface area contributed by atoms with E-state index in [0.717, 1.165) is 37.4 Å². The summed E-state index contributed by atoms with van der Waals surface area (Å²) in [7, 11) is -3.77. The van der Waals surface area contributed by atoms with E-state index < -0.39 is 10.0 Å². The molecule has 0 bridgehead atoms. The topological polar surface area (TPSA) is 98.5 Å². The molecule has 1 amide bonds. The van der Waals surface area contributed by atoms with Crippen molar-refractivity contribution in [1.29, 1.82) is 0 Å². The van der Waals surface area contributed by atoms with E-state index in [1.165, 1.54) is 6.07 Å². The van der Waals surface area contributed by atoms with Gasteiger partial charge in [0.25, 0.3) is 5.91 Å². The van der Waals surface area contributed by atoms with Crippen molar-refractivity contribution in [2.24, 2.45) is 11.1 Å². The van der Waals surface area contributed by atoms with Crippen LogP contribution >= 0.6 is 11.3 Å². The summed E-state index contributed by atoms with van der Waals surface area (Å²) in [4.78, 5) is 12.9. The Hall–Kier alpha value is -0.960. The number of hydrogen-bond acceptors (Lipinski definition) is 5. The number of carbonyl (C=O) groups excluding carboxylic acids is 1. The van der Waals surface area contributed by atoms with Gasteiger partial charge in [-0.2, -0.15) is 0 Å². The van der Waals surface area contributed by atoms with Gasteiger partial charge in [0.1, 0.15) is 0 Å². The van der Waals surface area contributed by atoms with Crippen molar-refractivity contribution in [3.8, 4) is 0 Å². The van der Waals surface area contributed by atoms with E-state index in [9.17, 15) is 13.2 Å². The monoisotopic (exact) mass is 318 g/mol. The van der Waals surface area contributed by atoms with E-state index in [4.69, 9.17) is 9.88 Å². The van der Waals surface area contributed by atoms with Crippen molar-refractivity contribution in [2.45, 2.75) is 24.7 Å². The predicted octanol–water partition coefficient (Wildman–Crippen LogP) is 0.860. The third-order valence-corrected chi connectivity index (χ3v) is 5.48. The van der Waals surface area contributed by atoms with Gasteiger partial charge in [-0.1, -0.05) is 0 Å². The molecule has 20 heavy (non-hydrogen) atoms. The molecule has 0 saturated carbocycles. The maximum absolute atomic E-state index is 11.9. The first-order chi connectivity index (χ1) is 9.38. The lowest BCUT2D eigenvalue weighted by molar-refractivity contribution is 0.0954. The van der Waals surface area contributed by atoms with Crippen LogP contribution in [0.5, 0.6) is 0 Å². The second-order valence-electron chi connectivity index (χ2n) is 4.85. The zero-order chi connectivity index (χ0) is 14.8. The molecule has 1 fully saturated rings. The van der Waals surface area contributed by atoms with Crippen LogP contribution in [0.3, 0.4) is 0 Å². The number of amides is 1. The van der Waals surface area contributed by atoms with E-state index >= 15 is 0 Å². The van der Waals surface area contributed by atoms with Gasteiger partial charge < -0.3 is 10.1 Å². The lowest BCUT2D eigenvalue weighted by Gasteiger charge is -2.07. The molecule has 2 heterocycles. The molecular formula is C12H18N2O4S2. The summed E-state index contributed by atoms with van der Waals surface area (Å²) in [6.45, 7) is 3.75. The van der Waals surface area contributed by atoms with E-state index in [1.807, 2.05) is 0 Å². The van der Waals surface area contributed by atoms with Crippen LogP contribution in [0.25, 0.3) is 0 Å². The highest BCUT2D eigenvalue weighted by atomic mass is 32.2. The summed E-state index contributed by atoms with van der Waals surface area (Å²) in [5, 5.41) is 7.89. The van der Waals surface area contributed by atoms with Crippen molar-refractivity contribution in [3.63, 3.8) is 0 Å². The summed E-state index contributed by atoms with van der Waals surface area (Å²) in [5.41, 5.74) is 0. The van der Waals surface area contributed by atoms with Crippen LogP contribution in [0, 0.1) is 12.8 Å². The van der Waals surface area contributed by atoms with Crippen molar-refractivity contribution < 1.29 is 17.9 Å². The second kappa shape index (κ2) is 6.21. The maximum atomic E-state index is 11.9. The number of hydrogen-bond donors (Lipinski definition) is 2. The van der Waals surface area contributed by atoms with Gasteiger partial charge in [0.2, 0.25) is 10.0 Å². The molecular weight excluding hydrogens is 300 g/mol. The SMILES string of the molecule is Cc1sc(C(=O)NCCC2CCOC2)cc1S(N)(=O)=O. The number of thiophene rings is 1. The number of nitrogens with one attached hydrogen (secondary N) is 1. The number of primary sulfonamides is 1. The van der Waals surface area contributed by atoms with Gasteiger partial charge >= 0.3 is 0 Å². The van der Waals surface area contributed by atoms with E-state index in [1.54, 1.807) is 6.92 Å². The fourth-order valence-electron chi connectivity index (χ4n) is 2.15. The first-order valence-corrected chi connectivity index (χ1v) is 8.73. The third-order valence-electron chi connectivity index (χ3n) is 3.26. The van der Waals surface area contributed by atoms with Gasteiger partial charge in [-0.25, -0.2) is 13.6 Å². The van der Waals surface area contributed by atoms with Crippen molar-refractivity contribution in [1.82, 2.24) is 5.32 Å². The molecule has 6 nitrogen and oxygen atoms in total. The summed E-state index contributed by atoms with van der Waals surface area (Å²) in [5.74, 6) is 0.243. The molecule has 0 aromatic carbocycles. The average Bonchev–Trinajstić information content (AvgIpc) is 2.97. The van der Waals surface area contributed by atoms with Gasteiger partial charge in [0.15, 0.2) is 0 Å². The highest BCUT2D eigenvalue weighted by molar-refractivity contribution is 7.89. The Morgan fingerprint density at radius 3 is 2.90 bits per heavy atom. The molecule has 2 rings (SSSR count). The molecule has 1 saturated heterocycles. The van der Waals surface area contributed by atoms with Gasteiger partial charge in [-0.3, -0.25) is 4.79 Å². The number of ether oxygens (including phenoxy) is 1. The minimum Gasteiger partial charge on any atom is -0.381 e. The summed E-state index contributed by atoms with van der Waals surface area (Å²) in [6.07, 6.45) is 1.90. The molecule has 3 N–H and O–H groups in total. The normalized spacial score (nSPS) is 19.2. The summed E-state index contributed by atoms with van der Waals surface area (Å²) < 4.78 is 27.9. The van der Waals surface area contributed by atoms with E-state index in [0.29, 0.717) is 22.2 Å². The highest BCUT2D eigenvalue weighted by Crippen LogP contribution is 2.24. The van der Waals surface area contributed by atoms with Crippen LogP contribution in [0.1, 0.15) is 27.4 Å². The lowest BCUT2D eigenvalue weighted by atomic mass is 10.1. The van der Waals surface area contributed by atoms with Crippen molar-refractivity contribution in [3.05, 3.63) is 15.8 Å². The zero-order valence-corrected chi connectivity index (χ0v) is 12.9. The smallest absolute Gasteiger partial charge is 0.261 e. The summed E-state index contributed by atoms with van der Waals surface area (Å²) in [6, 6.07) is 1.34.